The highest BCUT2D eigenvalue weighted by Crippen LogP contribution is 2.32. The molecule has 0 saturated carbocycles. The van der Waals surface area contributed by atoms with Crippen LogP contribution in [0.4, 0.5) is 15.8 Å². The number of nitro groups is 1. The van der Waals surface area contributed by atoms with Gasteiger partial charge in [-0.15, -0.1) is 0 Å². The summed E-state index contributed by atoms with van der Waals surface area (Å²) in [5.41, 5.74) is 4.60. The minimum atomic E-state index is -0.488. The third kappa shape index (κ3) is 4.72. The predicted octanol–water partition coefficient (Wildman–Crippen LogP) is 6.39. The Kier molecular flexibility index (Phi) is 5.93. The molecular weight excluding hydrogens is 447 g/mol. The van der Waals surface area contributed by atoms with Gasteiger partial charge in [-0.2, -0.15) is 0 Å². The van der Waals surface area contributed by atoms with Crippen molar-refractivity contribution in [1.82, 2.24) is 9.97 Å². The number of aromatic amines is 1. The number of pyridine rings is 1. The monoisotopic (exact) mass is 468 g/mol. The van der Waals surface area contributed by atoms with Crippen molar-refractivity contribution in [2.75, 3.05) is 5.32 Å². The Hall–Kier alpha value is -4.59. The summed E-state index contributed by atoms with van der Waals surface area (Å²) in [7, 11) is 0. The van der Waals surface area contributed by atoms with Gasteiger partial charge in [0.15, 0.2) is 0 Å². The van der Waals surface area contributed by atoms with Crippen LogP contribution >= 0.6 is 0 Å². The van der Waals surface area contributed by atoms with E-state index in [0.717, 1.165) is 38.8 Å². The van der Waals surface area contributed by atoms with Gasteiger partial charge in [0.1, 0.15) is 5.82 Å². The molecule has 7 nitrogen and oxygen atoms in total. The molecule has 1 amide bonds. The van der Waals surface area contributed by atoms with Crippen LogP contribution in [0.3, 0.4) is 0 Å². The van der Waals surface area contributed by atoms with Crippen molar-refractivity contribution < 1.29 is 14.1 Å². The maximum absolute atomic E-state index is 14.1. The molecule has 0 saturated heterocycles. The molecule has 2 heterocycles. The van der Waals surface area contributed by atoms with Crippen molar-refractivity contribution in [1.29, 1.82) is 0 Å². The third-order valence-corrected chi connectivity index (χ3v) is 5.92. The van der Waals surface area contributed by atoms with E-state index in [4.69, 9.17) is 4.98 Å². The van der Waals surface area contributed by atoms with E-state index in [0.29, 0.717) is 18.5 Å². The lowest BCUT2D eigenvalue weighted by atomic mass is 10.0. The topological polar surface area (TPSA) is 101 Å². The average Bonchev–Trinajstić information content (AvgIpc) is 3.21. The maximum Gasteiger partial charge on any atom is 0.269 e. The molecule has 0 aliphatic heterocycles. The summed E-state index contributed by atoms with van der Waals surface area (Å²) in [4.78, 5) is 30.9. The van der Waals surface area contributed by atoms with Gasteiger partial charge in [-0.05, 0) is 60.9 Å². The van der Waals surface area contributed by atoms with Crippen molar-refractivity contribution in [3.8, 4) is 11.4 Å². The first-order valence-electron chi connectivity index (χ1n) is 11.2. The molecule has 0 fully saturated rings. The average molecular weight is 468 g/mol. The number of nitro benzene ring substituents is 1. The predicted molar refractivity (Wildman–Crippen MR) is 134 cm³/mol. The number of aromatic nitrogens is 2. The van der Waals surface area contributed by atoms with Crippen LogP contribution in [0, 0.1) is 15.9 Å². The van der Waals surface area contributed by atoms with Gasteiger partial charge in [0, 0.05) is 40.5 Å². The highest BCUT2D eigenvalue weighted by Gasteiger charge is 2.16. The lowest BCUT2D eigenvalue weighted by Crippen LogP contribution is -2.11. The quantitative estimate of drug-likeness (QED) is 0.213. The van der Waals surface area contributed by atoms with E-state index in [1.54, 1.807) is 6.07 Å². The number of fused-ring (bicyclic) bond motifs is 2. The van der Waals surface area contributed by atoms with Gasteiger partial charge >= 0.3 is 0 Å². The summed E-state index contributed by atoms with van der Waals surface area (Å²) in [6, 6.07) is 22.1. The van der Waals surface area contributed by atoms with Crippen molar-refractivity contribution in [3.05, 3.63) is 100 Å². The molecule has 5 rings (SSSR count). The molecule has 35 heavy (non-hydrogen) atoms. The summed E-state index contributed by atoms with van der Waals surface area (Å²) in [6.45, 7) is 0. The smallest absolute Gasteiger partial charge is 0.269 e. The Bertz CT molecular complexity index is 1560. The molecule has 0 unspecified atom stereocenters. The molecular formula is C27H21FN4O3. The van der Waals surface area contributed by atoms with Crippen molar-refractivity contribution in [2.45, 2.75) is 19.3 Å². The van der Waals surface area contributed by atoms with E-state index in [2.05, 4.69) is 10.3 Å². The SMILES string of the molecule is O=C(CCCc1c(-c2ccc3ccccc3n2)[nH]c2ccc(F)cc12)Nc1ccc([N+](=O)[O-])cc1. The number of amides is 1. The number of benzene rings is 3. The number of H-pyrrole nitrogens is 1. The first-order chi connectivity index (χ1) is 17.0. The van der Waals surface area contributed by atoms with Crippen molar-refractivity contribution >= 4 is 39.1 Å². The minimum absolute atomic E-state index is 0.0376. The number of aryl methyl sites for hydroxylation is 1. The largest absolute Gasteiger partial charge is 0.353 e. The molecule has 0 radical (unpaired) electrons. The number of halogens is 1. The fourth-order valence-electron chi connectivity index (χ4n) is 4.22. The number of nitrogens with one attached hydrogen (secondary N) is 2. The molecule has 0 atom stereocenters. The lowest BCUT2D eigenvalue weighted by Gasteiger charge is -2.08. The van der Waals surface area contributed by atoms with Gasteiger partial charge in [0.25, 0.3) is 5.69 Å². The molecule has 8 heteroatoms. The molecule has 2 aromatic heterocycles. The molecule has 2 N–H and O–H groups in total. The molecule has 0 aliphatic carbocycles. The van der Waals surface area contributed by atoms with Crippen molar-refractivity contribution in [2.24, 2.45) is 0 Å². The second kappa shape index (κ2) is 9.34. The zero-order valence-electron chi connectivity index (χ0n) is 18.6. The molecule has 5 aromatic rings. The van der Waals surface area contributed by atoms with Gasteiger partial charge in [0.05, 0.1) is 21.8 Å². The first-order valence-corrected chi connectivity index (χ1v) is 11.2. The number of hydrogen-bond donors (Lipinski definition) is 2. The first kappa shape index (κ1) is 22.2. The second-order valence-corrected chi connectivity index (χ2v) is 8.26. The number of nitrogens with zero attached hydrogens (tertiary/aromatic N) is 2. The molecule has 0 bridgehead atoms. The number of carbonyl (C=O) groups is 1. The Labute approximate surface area is 199 Å². The van der Waals surface area contributed by atoms with Gasteiger partial charge in [0.2, 0.25) is 5.91 Å². The Morgan fingerprint density at radius 1 is 1.03 bits per heavy atom. The number of non-ortho nitro benzene ring substituents is 1. The van der Waals surface area contributed by atoms with E-state index in [1.165, 1.54) is 36.4 Å². The zero-order chi connectivity index (χ0) is 24.4. The number of para-hydroxylation sites is 1. The number of hydrogen-bond acceptors (Lipinski definition) is 4. The summed E-state index contributed by atoms with van der Waals surface area (Å²) < 4.78 is 14.1. The fourth-order valence-corrected chi connectivity index (χ4v) is 4.22. The van der Waals surface area contributed by atoms with Crippen LogP contribution in [-0.2, 0) is 11.2 Å². The summed E-state index contributed by atoms with van der Waals surface area (Å²) in [5, 5.41) is 15.3. The molecule has 0 aliphatic rings. The maximum atomic E-state index is 14.1. The Balaban J connectivity index is 1.36. The van der Waals surface area contributed by atoms with Gasteiger partial charge in [-0.3, -0.25) is 14.9 Å². The Morgan fingerprint density at radius 3 is 2.63 bits per heavy atom. The van der Waals surface area contributed by atoms with Crippen LogP contribution in [-0.4, -0.2) is 20.8 Å². The number of anilines is 1. The highest BCUT2D eigenvalue weighted by atomic mass is 19.1. The highest BCUT2D eigenvalue weighted by molar-refractivity contribution is 5.92. The summed E-state index contributed by atoms with van der Waals surface area (Å²) in [6.07, 6.45) is 1.31. The Morgan fingerprint density at radius 2 is 1.83 bits per heavy atom. The lowest BCUT2D eigenvalue weighted by molar-refractivity contribution is -0.384. The van der Waals surface area contributed by atoms with Crippen LogP contribution in [0.25, 0.3) is 33.2 Å². The third-order valence-electron chi connectivity index (χ3n) is 5.92. The number of rotatable bonds is 7. The normalized spacial score (nSPS) is 11.1. The van der Waals surface area contributed by atoms with Crippen molar-refractivity contribution in [3.63, 3.8) is 0 Å². The van der Waals surface area contributed by atoms with Crippen LogP contribution < -0.4 is 5.32 Å². The van der Waals surface area contributed by atoms with E-state index in [-0.39, 0.29) is 23.8 Å². The molecule has 3 aromatic carbocycles. The summed E-state index contributed by atoms with van der Waals surface area (Å²) >= 11 is 0. The second-order valence-electron chi connectivity index (χ2n) is 8.26. The zero-order valence-corrected chi connectivity index (χ0v) is 18.6. The number of carbonyl (C=O) groups excluding carboxylic acids is 1. The van der Waals surface area contributed by atoms with Gasteiger partial charge < -0.3 is 10.3 Å². The standard InChI is InChI=1S/C27H21FN4O3/c28-18-9-15-24-22(16-18)21(27(31-24)25-14-8-17-4-1-2-6-23(17)30-25)5-3-7-26(33)29-19-10-12-20(13-11-19)32(34)35/h1-2,4,6,8-16,31H,3,5,7H2,(H,29,33). The van der Waals surface area contributed by atoms with Gasteiger partial charge in [-0.25, -0.2) is 9.37 Å². The van der Waals surface area contributed by atoms with E-state index in [9.17, 15) is 19.3 Å². The van der Waals surface area contributed by atoms with Crippen LogP contribution in [0.5, 0.6) is 0 Å². The van der Waals surface area contributed by atoms with Gasteiger partial charge in [-0.1, -0.05) is 24.3 Å². The van der Waals surface area contributed by atoms with E-state index >= 15 is 0 Å². The minimum Gasteiger partial charge on any atom is -0.353 e. The summed E-state index contributed by atoms with van der Waals surface area (Å²) in [5.74, 6) is -0.526. The fraction of sp³-hybridized carbons (Fsp3) is 0.111. The van der Waals surface area contributed by atoms with E-state index < -0.39 is 4.92 Å². The van der Waals surface area contributed by atoms with E-state index in [1.807, 2.05) is 36.4 Å². The van der Waals surface area contributed by atoms with Crippen LogP contribution in [0.1, 0.15) is 18.4 Å². The van der Waals surface area contributed by atoms with Crippen LogP contribution in [0.2, 0.25) is 0 Å². The van der Waals surface area contributed by atoms with Crippen LogP contribution in [0.15, 0.2) is 78.9 Å². The molecule has 0 spiro atoms. The molecule has 174 valence electrons.